The second-order valence-corrected chi connectivity index (χ2v) is 7.45. The molecule has 3 rings (SSSR count). The predicted octanol–water partition coefficient (Wildman–Crippen LogP) is 3.11. The van der Waals surface area contributed by atoms with E-state index in [0.29, 0.717) is 16.5 Å². The van der Waals surface area contributed by atoms with E-state index >= 15 is 0 Å². The fourth-order valence-corrected chi connectivity index (χ4v) is 4.57. The molecule has 0 saturated carbocycles. The van der Waals surface area contributed by atoms with Gasteiger partial charge < -0.3 is 10.4 Å². The summed E-state index contributed by atoms with van der Waals surface area (Å²) in [7, 11) is 0. The maximum absolute atomic E-state index is 12.4. The summed E-state index contributed by atoms with van der Waals surface area (Å²) in [6, 6.07) is 5.14. The molecule has 2 saturated heterocycles. The maximum Gasteiger partial charge on any atom is 0.308 e. The van der Waals surface area contributed by atoms with Gasteiger partial charge in [0, 0.05) is 22.1 Å². The van der Waals surface area contributed by atoms with Gasteiger partial charge in [0.15, 0.2) is 0 Å². The highest BCUT2D eigenvalue weighted by Gasteiger charge is 2.49. The maximum atomic E-state index is 12.4. The molecule has 4 unspecified atom stereocenters. The number of hydrogen-bond acceptors (Lipinski definition) is 3. The SMILES string of the molecule is CC(NC(=O)CN1C2CCC1C(C(=O)O)C2)c1ccc(Cl)cc1Cl. The van der Waals surface area contributed by atoms with Crippen LogP contribution in [0, 0.1) is 5.92 Å². The van der Waals surface area contributed by atoms with Crippen molar-refractivity contribution in [2.75, 3.05) is 6.54 Å². The van der Waals surface area contributed by atoms with E-state index in [1.165, 1.54) is 0 Å². The lowest BCUT2D eigenvalue weighted by atomic mass is 9.89. The number of carboxylic acid groups (broad SMARTS) is 1. The fourth-order valence-electron chi connectivity index (χ4n) is 4.00. The second-order valence-electron chi connectivity index (χ2n) is 6.61. The highest BCUT2D eigenvalue weighted by atomic mass is 35.5. The van der Waals surface area contributed by atoms with Crippen LogP contribution < -0.4 is 5.32 Å². The molecule has 130 valence electrons. The number of aliphatic carboxylic acids is 1. The standard InChI is InChI=1S/C17H20Cl2N2O3/c1-9(12-4-2-10(18)6-14(12)19)20-16(22)8-21-11-3-5-15(21)13(7-11)17(23)24/h2,4,6,9,11,13,15H,3,5,7-8H2,1H3,(H,20,22)(H,23,24). The largest absolute Gasteiger partial charge is 0.481 e. The molecule has 4 atom stereocenters. The van der Waals surface area contributed by atoms with Gasteiger partial charge in [-0.15, -0.1) is 0 Å². The van der Waals surface area contributed by atoms with Gasteiger partial charge in [-0.25, -0.2) is 0 Å². The van der Waals surface area contributed by atoms with Crippen molar-refractivity contribution >= 4 is 35.1 Å². The smallest absolute Gasteiger partial charge is 0.308 e. The first-order valence-electron chi connectivity index (χ1n) is 8.09. The zero-order valence-corrected chi connectivity index (χ0v) is 14.8. The summed E-state index contributed by atoms with van der Waals surface area (Å²) >= 11 is 12.1. The summed E-state index contributed by atoms with van der Waals surface area (Å²) in [5, 5.41) is 13.3. The fraction of sp³-hybridized carbons (Fsp3) is 0.529. The van der Waals surface area contributed by atoms with E-state index in [9.17, 15) is 14.7 Å². The van der Waals surface area contributed by atoms with Crippen molar-refractivity contribution in [3.63, 3.8) is 0 Å². The van der Waals surface area contributed by atoms with Gasteiger partial charge in [-0.05, 0) is 43.9 Å². The molecule has 7 heteroatoms. The van der Waals surface area contributed by atoms with E-state index in [4.69, 9.17) is 23.2 Å². The number of amides is 1. The molecule has 0 aromatic heterocycles. The Hall–Kier alpha value is -1.30. The molecule has 1 amide bonds. The highest BCUT2D eigenvalue weighted by Crippen LogP contribution is 2.41. The Morgan fingerprint density at radius 2 is 2.12 bits per heavy atom. The van der Waals surface area contributed by atoms with Crippen LogP contribution in [0.4, 0.5) is 0 Å². The van der Waals surface area contributed by atoms with Crippen LogP contribution in [0.5, 0.6) is 0 Å². The highest BCUT2D eigenvalue weighted by molar-refractivity contribution is 6.35. The van der Waals surface area contributed by atoms with Crippen LogP contribution in [0.3, 0.4) is 0 Å². The third kappa shape index (κ3) is 3.39. The molecule has 0 radical (unpaired) electrons. The summed E-state index contributed by atoms with van der Waals surface area (Å²) in [6.45, 7) is 2.10. The summed E-state index contributed by atoms with van der Waals surface area (Å²) in [5.74, 6) is -1.22. The minimum atomic E-state index is -0.756. The predicted molar refractivity (Wildman–Crippen MR) is 92.3 cm³/mol. The lowest BCUT2D eigenvalue weighted by Gasteiger charge is -2.23. The summed E-state index contributed by atoms with van der Waals surface area (Å²) < 4.78 is 0. The van der Waals surface area contributed by atoms with E-state index < -0.39 is 5.97 Å². The number of benzene rings is 1. The van der Waals surface area contributed by atoms with Crippen molar-refractivity contribution in [2.24, 2.45) is 5.92 Å². The first-order chi connectivity index (χ1) is 11.4. The Morgan fingerprint density at radius 3 is 2.75 bits per heavy atom. The van der Waals surface area contributed by atoms with Gasteiger partial charge in [0.2, 0.25) is 5.91 Å². The van der Waals surface area contributed by atoms with Gasteiger partial charge >= 0.3 is 5.97 Å². The van der Waals surface area contributed by atoms with E-state index in [1.54, 1.807) is 18.2 Å². The van der Waals surface area contributed by atoms with Crippen molar-refractivity contribution in [3.8, 4) is 0 Å². The van der Waals surface area contributed by atoms with Crippen molar-refractivity contribution in [1.29, 1.82) is 0 Å². The average molecular weight is 371 g/mol. The Labute approximate surface area is 150 Å². The molecule has 2 aliphatic heterocycles. The third-order valence-corrected chi connectivity index (χ3v) is 5.69. The lowest BCUT2D eigenvalue weighted by Crippen LogP contribution is -2.41. The normalized spacial score (nSPS) is 27.2. The molecule has 2 fully saturated rings. The molecule has 24 heavy (non-hydrogen) atoms. The summed E-state index contributed by atoms with van der Waals surface area (Å²) in [6.07, 6.45) is 2.47. The molecule has 0 aliphatic carbocycles. The number of carboxylic acids is 1. The molecule has 2 N–H and O–H groups in total. The second kappa shape index (κ2) is 6.90. The molecule has 5 nitrogen and oxygen atoms in total. The van der Waals surface area contributed by atoms with Gasteiger partial charge in [0.1, 0.15) is 0 Å². The molecule has 2 heterocycles. The molecule has 1 aromatic carbocycles. The van der Waals surface area contributed by atoms with Crippen molar-refractivity contribution in [1.82, 2.24) is 10.2 Å². The Bertz CT molecular complexity index is 667. The number of fused-ring (bicyclic) bond motifs is 2. The quantitative estimate of drug-likeness (QED) is 0.835. The van der Waals surface area contributed by atoms with Crippen LogP contribution >= 0.6 is 23.2 Å². The van der Waals surface area contributed by atoms with Crippen molar-refractivity contribution < 1.29 is 14.7 Å². The van der Waals surface area contributed by atoms with Crippen LogP contribution in [0.25, 0.3) is 0 Å². The number of halogens is 2. The van der Waals surface area contributed by atoms with Crippen LogP contribution in [-0.2, 0) is 9.59 Å². The first-order valence-corrected chi connectivity index (χ1v) is 8.85. The Kier molecular flexibility index (Phi) is 5.04. The molecule has 2 bridgehead atoms. The molecule has 2 aliphatic rings. The number of carbonyl (C=O) groups is 2. The monoisotopic (exact) mass is 370 g/mol. The zero-order chi connectivity index (χ0) is 17.4. The van der Waals surface area contributed by atoms with Crippen LogP contribution in [0.15, 0.2) is 18.2 Å². The van der Waals surface area contributed by atoms with E-state index in [1.807, 2.05) is 11.8 Å². The molecule has 1 aromatic rings. The molecular weight excluding hydrogens is 351 g/mol. The molecular formula is C17H20Cl2N2O3. The zero-order valence-electron chi connectivity index (χ0n) is 13.3. The topological polar surface area (TPSA) is 69.6 Å². The van der Waals surface area contributed by atoms with Gasteiger partial charge in [-0.2, -0.15) is 0 Å². The van der Waals surface area contributed by atoms with E-state index in [0.717, 1.165) is 18.4 Å². The van der Waals surface area contributed by atoms with Crippen LogP contribution in [-0.4, -0.2) is 40.5 Å². The van der Waals surface area contributed by atoms with Gasteiger partial charge in [0.25, 0.3) is 0 Å². The number of carbonyl (C=O) groups excluding carboxylic acids is 1. The van der Waals surface area contributed by atoms with Gasteiger partial charge in [-0.3, -0.25) is 14.5 Å². The first kappa shape index (κ1) is 17.5. The number of nitrogens with zero attached hydrogens (tertiary/aromatic N) is 1. The summed E-state index contributed by atoms with van der Waals surface area (Å²) in [5.41, 5.74) is 0.808. The molecule has 0 spiro atoms. The Balaban J connectivity index is 1.61. The number of hydrogen-bond donors (Lipinski definition) is 2. The number of rotatable bonds is 5. The number of nitrogens with one attached hydrogen (secondary N) is 1. The van der Waals surface area contributed by atoms with E-state index in [-0.39, 0.29) is 36.5 Å². The third-order valence-electron chi connectivity index (χ3n) is 5.13. The summed E-state index contributed by atoms with van der Waals surface area (Å²) in [4.78, 5) is 25.7. The van der Waals surface area contributed by atoms with E-state index in [2.05, 4.69) is 5.32 Å². The van der Waals surface area contributed by atoms with Crippen LogP contribution in [0.1, 0.15) is 37.8 Å². The minimum Gasteiger partial charge on any atom is -0.481 e. The van der Waals surface area contributed by atoms with Gasteiger partial charge in [-0.1, -0.05) is 29.3 Å². The minimum absolute atomic E-state index is 0.0207. The van der Waals surface area contributed by atoms with Crippen molar-refractivity contribution in [3.05, 3.63) is 33.8 Å². The average Bonchev–Trinajstić information content (AvgIpc) is 3.04. The lowest BCUT2D eigenvalue weighted by molar-refractivity contribution is -0.143. The van der Waals surface area contributed by atoms with Crippen LogP contribution in [0.2, 0.25) is 10.0 Å². The van der Waals surface area contributed by atoms with Gasteiger partial charge in [0.05, 0.1) is 18.5 Å². The van der Waals surface area contributed by atoms with Crippen molar-refractivity contribution in [2.45, 2.75) is 44.3 Å². The Morgan fingerprint density at radius 1 is 1.38 bits per heavy atom.